The van der Waals surface area contributed by atoms with E-state index in [1.807, 2.05) is 42.5 Å². The van der Waals surface area contributed by atoms with Gasteiger partial charge in [0, 0.05) is 5.33 Å². The molecule has 0 atom stereocenters. The molecule has 0 N–H and O–H groups in total. The van der Waals surface area contributed by atoms with Crippen molar-refractivity contribution in [3.05, 3.63) is 58.1 Å². The van der Waals surface area contributed by atoms with Gasteiger partial charge in [-0.25, -0.2) is 0 Å². The van der Waals surface area contributed by atoms with Crippen molar-refractivity contribution in [3.63, 3.8) is 0 Å². The Morgan fingerprint density at radius 2 is 1.62 bits per heavy atom. The van der Waals surface area contributed by atoms with Crippen molar-refractivity contribution in [3.8, 4) is 11.5 Å². The number of hydrogen-bond donors (Lipinski definition) is 0. The first-order chi connectivity index (χ1) is 10.2. The molecule has 0 aromatic heterocycles. The van der Waals surface area contributed by atoms with Crippen molar-refractivity contribution in [2.24, 2.45) is 0 Å². The van der Waals surface area contributed by atoms with Crippen LogP contribution in [0.15, 0.2) is 42.5 Å². The van der Waals surface area contributed by atoms with E-state index >= 15 is 0 Å². The molecule has 2 aromatic carbocycles. The normalized spacial score (nSPS) is 10.4. The molecule has 0 fully saturated rings. The lowest BCUT2D eigenvalue weighted by Crippen LogP contribution is -2.01. The minimum Gasteiger partial charge on any atom is -0.490 e. The molecule has 0 saturated heterocycles. The number of rotatable bonds is 7. The van der Waals surface area contributed by atoms with E-state index in [9.17, 15) is 0 Å². The van der Waals surface area contributed by atoms with Gasteiger partial charge in [-0.1, -0.05) is 57.3 Å². The predicted molar refractivity (Wildman–Crippen MR) is 91.1 cm³/mol. The fraction of sp³-hybridized carbons (Fsp3) is 0.250. The SMILES string of the molecule is Clc1cc(COc2ccccc2)cc(Cl)c1OCCCBr. The molecule has 0 aliphatic heterocycles. The summed E-state index contributed by atoms with van der Waals surface area (Å²) in [5.41, 5.74) is 0.904. The van der Waals surface area contributed by atoms with Gasteiger partial charge in [0.05, 0.1) is 16.7 Å². The third-order valence-electron chi connectivity index (χ3n) is 2.73. The van der Waals surface area contributed by atoms with Crippen molar-refractivity contribution in [2.75, 3.05) is 11.9 Å². The Kier molecular flexibility index (Phi) is 6.68. The maximum absolute atomic E-state index is 6.22. The lowest BCUT2D eigenvalue weighted by Gasteiger charge is -2.12. The van der Waals surface area contributed by atoms with Crippen LogP contribution in [0.3, 0.4) is 0 Å². The van der Waals surface area contributed by atoms with Crippen LogP contribution in [-0.2, 0) is 6.61 Å². The highest BCUT2D eigenvalue weighted by Gasteiger charge is 2.10. The van der Waals surface area contributed by atoms with Crippen molar-refractivity contribution in [2.45, 2.75) is 13.0 Å². The van der Waals surface area contributed by atoms with E-state index in [4.69, 9.17) is 32.7 Å². The number of halogens is 3. The summed E-state index contributed by atoms with van der Waals surface area (Å²) < 4.78 is 11.3. The second-order valence-corrected chi connectivity index (χ2v) is 5.99. The number of hydrogen-bond acceptors (Lipinski definition) is 2. The monoisotopic (exact) mass is 388 g/mol. The molecule has 0 saturated carbocycles. The average molecular weight is 390 g/mol. The summed E-state index contributed by atoms with van der Waals surface area (Å²) in [7, 11) is 0. The first-order valence-corrected chi connectivity index (χ1v) is 8.43. The fourth-order valence-corrected chi connectivity index (χ4v) is 2.62. The average Bonchev–Trinajstić information content (AvgIpc) is 2.49. The molecule has 0 bridgehead atoms. The molecule has 0 unspecified atom stereocenters. The lowest BCUT2D eigenvalue weighted by atomic mass is 10.2. The van der Waals surface area contributed by atoms with Gasteiger partial charge >= 0.3 is 0 Å². The van der Waals surface area contributed by atoms with Crippen LogP contribution >= 0.6 is 39.1 Å². The molecule has 2 nitrogen and oxygen atoms in total. The molecular formula is C16H15BrCl2O2. The second-order valence-electron chi connectivity index (χ2n) is 4.38. The van der Waals surface area contributed by atoms with Gasteiger partial charge in [-0.05, 0) is 36.2 Å². The van der Waals surface area contributed by atoms with Crippen molar-refractivity contribution < 1.29 is 9.47 Å². The summed E-state index contributed by atoms with van der Waals surface area (Å²) in [6.07, 6.45) is 0.894. The molecular weight excluding hydrogens is 375 g/mol. The van der Waals surface area contributed by atoms with Crippen LogP contribution in [0, 0.1) is 0 Å². The topological polar surface area (TPSA) is 18.5 Å². The number of alkyl halides is 1. The van der Waals surface area contributed by atoms with Crippen LogP contribution < -0.4 is 9.47 Å². The van der Waals surface area contributed by atoms with E-state index in [1.54, 1.807) is 0 Å². The summed E-state index contributed by atoms with van der Waals surface area (Å²) in [6.45, 7) is 0.982. The quantitative estimate of drug-likeness (QED) is 0.444. The lowest BCUT2D eigenvalue weighted by molar-refractivity contribution is 0.304. The van der Waals surface area contributed by atoms with Crippen molar-refractivity contribution in [1.29, 1.82) is 0 Å². The molecule has 0 aliphatic rings. The summed E-state index contributed by atoms with van der Waals surface area (Å²) >= 11 is 15.8. The van der Waals surface area contributed by atoms with Gasteiger partial charge in [-0.2, -0.15) is 0 Å². The zero-order chi connectivity index (χ0) is 15.1. The number of ether oxygens (including phenoxy) is 2. The summed E-state index contributed by atoms with van der Waals surface area (Å²) in [5.74, 6) is 1.34. The Morgan fingerprint density at radius 3 is 2.24 bits per heavy atom. The van der Waals surface area contributed by atoms with Crippen LogP contribution in [-0.4, -0.2) is 11.9 Å². The Balaban J connectivity index is 2.01. The zero-order valence-corrected chi connectivity index (χ0v) is 14.4. The van der Waals surface area contributed by atoms with Gasteiger partial charge in [-0.15, -0.1) is 0 Å². The fourth-order valence-electron chi connectivity index (χ4n) is 1.75. The third-order valence-corrected chi connectivity index (χ3v) is 3.85. The predicted octanol–water partition coefficient (Wildman–Crippen LogP) is 5.74. The molecule has 2 rings (SSSR count). The molecule has 0 aliphatic carbocycles. The molecule has 0 amide bonds. The van der Waals surface area contributed by atoms with Gasteiger partial charge < -0.3 is 9.47 Å². The Bertz CT molecular complexity index is 553. The van der Waals surface area contributed by atoms with Crippen LogP contribution in [0.5, 0.6) is 11.5 Å². The van der Waals surface area contributed by atoms with Gasteiger partial charge in [-0.3, -0.25) is 0 Å². The maximum atomic E-state index is 6.22. The second kappa shape index (κ2) is 8.52. The zero-order valence-electron chi connectivity index (χ0n) is 11.3. The minimum absolute atomic E-state index is 0.408. The molecule has 5 heteroatoms. The molecule has 112 valence electrons. The highest BCUT2D eigenvalue weighted by molar-refractivity contribution is 9.09. The number of para-hydroxylation sites is 1. The van der Waals surface area contributed by atoms with E-state index in [0.29, 0.717) is 29.0 Å². The Morgan fingerprint density at radius 1 is 0.952 bits per heavy atom. The summed E-state index contributed by atoms with van der Waals surface area (Å²) in [4.78, 5) is 0. The largest absolute Gasteiger partial charge is 0.490 e. The number of benzene rings is 2. The van der Waals surface area contributed by atoms with E-state index in [0.717, 1.165) is 23.1 Å². The standard InChI is InChI=1S/C16H15BrCl2O2/c17-7-4-8-20-16-14(18)9-12(10-15(16)19)11-21-13-5-2-1-3-6-13/h1-3,5-6,9-10H,4,7-8,11H2. The van der Waals surface area contributed by atoms with E-state index < -0.39 is 0 Å². The molecule has 21 heavy (non-hydrogen) atoms. The third kappa shape index (κ3) is 5.10. The summed E-state index contributed by atoms with van der Waals surface area (Å²) in [5, 5.41) is 1.89. The Hall–Kier alpha value is -0.900. The summed E-state index contributed by atoms with van der Waals surface area (Å²) in [6, 6.07) is 13.2. The molecule has 0 spiro atoms. The van der Waals surface area contributed by atoms with Gasteiger partial charge in [0.25, 0.3) is 0 Å². The highest BCUT2D eigenvalue weighted by atomic mass is 79.9. The highest BCUT2D eigenvalue weighted by Crippen LogP contribution is 2.34. The van der Waals surface area contributed by atoms with Gasteiger partial charge in [0.15, 0.2) is 5.75 Å². The van der Waals surface area contributed by atoms with E-state index in [1.165, 1.54) is 0 Å². The maximum Gasteiger partial charge on any atom is 0.156 e. The van der Waals surface area contributed by atoms with Crippen LogP contribution in [0.2, 0.25) is 10.0 Å². The van der Waals surface area contributed by atoms with E-state index in [2.05, 4.69) is 15.9 Å². The van der Waals surface area contributed by atoms with Crippen molar-refractivity contribution in [1.82, 2.24) is 0 Å². The minimum atomic E-state index is 0.408. The van der Waals surface area contributed by atoms with Gasteiger partial charge in [0.2, 0.25) is 0 Å². The van der Waals surface area contributed by atoms with Crippen LogP contribution in [0.25, 0.3) is 0 Å². The Labute approximate surface area is 143 Å². The molecule has 0 heterocycles. The first kappa shape index (κ1) is 16.5. The first-order valence-electron chi connectivity index (χ1n) is 6.55. The van der Waals surface area contributed by atoms with Crippen LogP contribution in [0.4, 0.5) is 0 Å². The molecule has 2 aromatic rings. The smallest absolute Gasteiger partial charge is 0.156 e. The van der Waals surface area contributed by atoms with Gasteiger partial charge in [0.1, 0.15) is 12.4 Å². The van der Waals surface area contributed by atoms with Crippen molar-refractivity contribution >= 4 is 39.1 Å². The van der Waals surface area contributed by atoms with E-state index in [-0.39, 0.29) is 0 Å². The molecule has 0 radical (unpaired) electrons. The van der Waals surface area contributed by atoms with Crippen LogP contribution in [0.1, 0.15) is 12.0 Å².